The summed E-state index contributed by atoms with van der Waals surface area (Å²) in [6, 6.07) is 0.983. The normalized spacial score (nSPS) is 30.3. The summed E-state index contributed by atoms with van der Waals surface area (Å²) in [5.74, 6) is 0.386. The van der Waals surface area contributed by atoms with Crippen LogP contribution in [0.3, 0.4) is 0 Å². The maximum Gasteiger partial charge on any atom is 0.228 e. The first-order chi connectivity index (χ1) is 8.77. The van der Waals surface area contributed by atoms with Crippen LogP contribution in [0.1, 0.15) is 47.0 Å². The lowest BCUT2D eigenvalue weighted by Gasteiger charge is -2.41. The molecule has 0 bridgehead atoms. The van der Waals surface area contributed by atoms with E-state index in [1.54, 1.807) is 0 Å². The number of piperidine rings is 1. The predicted octanol–water partition coefficient (Wildman–Crippen LogP) is 1.38. The van der Waals surface area contributed by atoms with Crippen molar-refractivity contribution in [3.05, 3.63) is 0 Å². The van der Waals surface area contributed by atoms with E-state index in [4.69, 9.17) is 0 Å². The Labute approximate surface area is 116 Å². The second kappa shape index (κ2) is 5.41. The van der Waals surface area contributed by atoms with Crippen molar-refractivity contribution in [1.29, 1.82) is 0 Å². The largest absolute Gasteiger partial charge is 0.393 e. The Balaban J connectivity index is 2.02. The molecule has 1 saturated heterocycles. The molecule has 0 aromatic rings. The zero-order valence-electron chi connectivity index (χ0n) is 12.6. The van der Waals surface area contributed by atoms with E-state index in [2.05, 4.69) is 5.32 Å². The molecule has 2 N–H and O–H groups in total. The lowest BCUT2D eigenvalue weighted by Crippen LogP contribution is -2.55. The number of hydrogen-bond acceptors (Lipinski definition) is 3. The van der Waals surface area contributed by atoms with Crippen molar-refractivity contribution in [2.45, 2.75) is 65.1 Å². The Bertz CT molecular complexity index is 332. The highest BCUT2D eigenvalue weighted by Gasteiger charge is 2.37. The van der Waals surface area contributed by atoms with Crippen molar-refractivity contribution in [2.24, 2.45) is 11.3 Å². The van der Waals surface area contributed by atoms with Gasteiger partial charge in [-0.05, 0) is 26.2 Å². The van der Waals surface area contributed by atoms with E-state index >= 15 is 0 Å². The SMILES string of the molecule is CC(O)C1CC(NC2CC2)CN(C(=O)C(C)(C)C)C1. The number of hydrogen-bond donors (Lipinski definition) is 2. The molecule has 110 valence electrons. The maximum absolute atomic E-state index is 12.5. The van der Waals surface area contributed by atoms with E-state index in [0.29, 0.717) is 18.6 Å². The minimum Gasteiger partial charge on any atom is -0.393 e. The molecule has 1 saturated carbocycles. The van der Waals surface area contributed by atoms with Crippen LogP contribution < -0.4 is 5.32 Å². The van der Waals surface area contributed by atoms with Crippen LogP contribution in [-0.2, 0) is 4.79 Å². The molecule has 0 aromatic heterocycles. The van der Waals surface area contributed by atoms with Gasteiger partial charge in [0.15, 0.2) is 0 Å². The maximum atomic E-state index is 12.5. The van der Waals surface area contributed by atoms with Gasteiger partial charge < -0.3 is 15.3 Å². The van der Waals surface area contributed by atoms with Gasteiger partial charge in [-0.25, -0.2) is 0 Å². The standard InChI is InChI=1S/C15H28N2O2/c1-10(18)11-7-13(16-12-5-6-12)9-17(8-11)14(19)15(2,3)4/h10-13,16,18H,5-9H2,1-4H3. The molecular weight excluding hydrogens is 240 g/mol. The van der Waals surface area contributed by atoms with E-state index in [0.717, 1.165) is 13.0 Å². The third-order valence-electron chi connectivity index (χ3n) is 4.14. The van der Waals surface area contributed by atoms with Crippen molar-refractivity contribution < 1.29 is 9.90 Å². The van der Waals surface area contributed by atoms with Gasteiger partial charge in [0.1, 0.15) is 0 Å². The number of nitrogens with one attached hydrogen (secondary N) is 1. The van der Waals surface area contributed by atoms with Gasteiger partial charge in [0.05, 0.1) is 6.10 Å². The van der Waals surface area contributed by atoms with Crippen molar-refractivity contribution in [3.8, 4) is 0 Å². The second-order valence-electron chi connectivity index (χ2n) is 7.33. The summed E-state index contributed by atoms with van der Waals surface area (Å²) in [7, 11) is 0. The number of amides is 1. The van der Waals surface area contributed by atoms with Gasteiger partial charge in [0.25, 0.3) is 0 Å². The van der Waals surface area contributed by atoms with Gasteiger partial charge in [-0.2, -0.15) is 0 Å². The molecule has 0 radical (unpaired) electrons. The summed E-state index contributed by atoms with van der Waals surface area (Å²) in [6.07, 6.45) is 3.13. The van der Waals surface area contributed by atoms with Gasteiger partial charge in [-0.3, -0.25) is 4.79 Å². The predicted molar refractivity (Wildman–Crippen MR) is 75.8 cm³/mol. The first-order valence-corrected chi connectivity index (χ1v) is 7.51. The van der Waals surface area contributed by atoms with Crippen LogP contribution in [0.2, 0.25) is 0 Å². The number of nitrogens with zero attached hydrogens (tertiary/aromatic N) is 1. The average molecular weight is 268 g/mol. The van der Waals surface area contributed by atoms with E-state index in [1.165, 1.54) is 12.8 Å². The molecule has 1 amide bonds. The molecular formula is C15H28N2O2. The molecule has 2 rings (SSSR count). The fourth-order valence-electron chi connectivity index (χ4n) is 2.83. The summed E-state index contributed by atoms with van der Waals surface area (Å²) in [4.78, 5) is 14.4. The van der Waals surface area contributed by atoms with Crippen LogP contribution in [0.4, 0.5) is 0 Å². The van der Waals surface area contributed by atoms with Crippen molar-refractivity contribution in [3.63, 3.8) is 0 Å². The van der Waals surface area contributed by atoms with Gasteiger partial charge in [0.2, 0.25) is 5.91 Å². The molecule has 1 aliphatic carbocycles. The van der Waals surface area contributed by atoms with Crippen LogP contribution in [0.25, 0.3) is 0 Å². The molecule has 0 aromatic carbocycles. The number of likely N-dealkylation sites (tertiary alicyclic amines) is 1. The highest BCUT2D eigenvalue weighted by atomic mass is 16.3. The van der Waals surface area contributed by atoms with Gasteiger partial charge in [-0.15, -0.1) is 0 Å². The fourth-order valence-corrected chi connectivity index (χ4v) is 2.83. The molecule has 2 aliphatic rings. The first-order valence-electron chi connectivity index (χ1n) is 7.51. The minimum absolute atomic E-state index is 0.191. The van der Waals surface area contributed by atoms with E-state index < -0.39 is 0 Å². The number of rotatable bonds is 3. The molecule has 1 heterocycles. The third-order valence-corrected chi connectivity index (χ3v) is 4.14. The van der Waals surface area contributed by atoms with Gasteiger partial charge in [0, 0.05) is 36.5 Å². The lowest BCUT2D eigenvalue weighted by atomic mass is 9.87. The molecule has 2 fully saturated rings. The lowest BCUT2D eigenvalue weighted by molar-refractivity contribution is -0.142. The summed E-state index contributed by atoms with van der Waals surface area (Å²) in [6.45, 7) is 9.20. The molecule has 19 heavy (non-hydrogen) atoms. The summed E-state index contributed by atoms with van der Waals surface area (Å²) in [5, 5.41) is 13.5. The topological polar surface area (TPSA) is 52.6 Å². The van der Waals surface area contributed by atoms with Crippen molar-refractivity contribution >= 4 is 5.91 Å². The van der Waals surface area contributed by atoms with E-state index in [9.17, 15) is 9.90 Å². The zero-order valence-corrected chi connectivity index (χ0v) is 12.6. The van der Waals surface area contributed by atoms with Gasteiger partial charge >= 0.3 is 0 Å². The van der Waals surface area contributed by atoms with E-state index in [-0.39, 0.29) is 23.3 Å². The van der Waals surface area contributed by atoms with Crippen molar-refractivity contribution in [1.82, 2.24) is 10.2 Å². The Hall–Kier alpha value is -0.610. The summed E-state index contributed by atoms with van der Waals surface area (Å²) >= 11 is 0. The zero-order chi connectivity index (χ0) is 14.2. The highest BCUT2D eigenvalue weighted by molar-refractivity contribution is 5.81. The second-order valence-corrected chi connectivity index (χ2v) is 7.33. The molecule has 1 aliphatic heterocycles. The number of carbonyl (C=O) groups excluding carboxylic acids is 1. The third kappa shape index (κ3) is 3.93. The first kappa shape index (κ1) is 14.8. The minimum atomic E-state index is -0.348. The Morgan fingerprint density at radius 2 is 1.89 bits per heavy atom. The highest BCUT2D eigenvalue weighted by Crippen LogP contribution is 2.28. The van der Waals surface area contributed by atoms with Crippen LogP contribution in [0, 0.1) is 11.3 Å². The van der Waals surface area contributed by atoms with Crippen LogP contribution >= 0.6 is 0 Å². The molecule has 3 unspecified atom stereocenters. The Morgan fingerprint density at radius 3 is 2.37 bits per heavy atom. The molecule has 4 nitrogen and oxygen atoms in total. The van der Waals surface area contributed by atoms with Crippen molar-refractivity contribution in [2.75, 3.05) is 13.1 Å². The quantitative estimate of drug-likeness (QED) is 0.813. The monoisotopic (exact) mass is 268 g/mol. The van der Waals surface area contributed by atoms with Crippen LogP contribution in [-0.4, -0.2) is 47.2 Å². The summed E-state index contributed by atoms with van der Waals surface area (Å²) < 4.78 is 0. The fraction of sp³-hybridized carbons (Fsp3) is 0.933. The Kier molecular flexibility index (Phi) is 4.21. The van der Waals surface area contributed by atoms with Crippen LogP contribution in [0.15, 0.2) is 0 Å². The van der Waals surface area contributed by atoms with E-state index in [1.807, 2.05) is 32.6 Å². The number of carbonyl (C=O) groups is 1. The summed E-state index contributed by atoms with van der Waals surface area (Å²) in [5.41, 5.74) is -0.343. The van der Waals surface area contributed by atoms with Gasteiger partial charge in [-0.1, -0.05) is 20.8 Å². The van der Waals surface area contributed by atoms with Crippen LogP contribution in [0.5, 0.6) is 0 Å². The molecule has 3 atom stereocenters. The average Bonchev–Trinajstić information content (AvgIpc) is 3.10. The smallest absolute Gasteiger partial charge is 0.228 e. The molecule has 4 heteroatoms. The Morgan fingerprint density at radius 1 is 1.26 bits per heavy atom. The number of aliphatic hydroxyl groups excluding tert-OH is 1. The molecule has 0 spiro atoms. The number of aliphatic hydroxyl groups is 1.